The molecular formula is C16H20O. The molecule has 0 aliphatic rings. The largest absolute Gasteiger partial charge is 0.303 e. The number of carbonyl (C=O) groups excluding carboxylic acids is 1. The number of hydrogen-bond donors (Lipinski definition) is 0. The highest BCUT2D eigenvalue weighted by molar-refractivity contribution is 5.50. The van der Waals surface area contributed by atoms with Crippen LogP contribution in [0.25, 0.3) is 6.08 Å². The Bertz CT molecular complexity index is 374. The van der Waals surface area contributed by atoms with Crippen LogP contribution in [0.4, 0.5) is 0 Å². The zero-order chi connectivity index (χ0) is 12.3. The molecule has 1 rings (SSSR count). The number of aldehydes is 1. The van der Waals surface area contributed by atoms with Crippen molar-refractivity contribution in [2.24, 2.45) is 0 Å². The lowest BCUT2D eigenvalue weighted by Gasteiger charge is -1.96. The SMILES string of the molecule is C/C(=C\CC/C=C/c1ccccc1)CCC=O. The molecule has 17 heavy (non-hydrogen) atoms. The topological polar surface area (TPSA) is 17.1 Å². The van der Waals surface area contributed by atoms with Crippen LogP contribution in [-0.4, -0.2) is 6.29 Å². The molecule has 0 atom stereocenters. The van der Waals surface area contributed by atoms with Crippen LogP contribution in [0.3, 0.4) is 0 Å². The third-order valence-corrected chi connectivity index (χ3v) is 2.59. The minimum Gasteiger partial charge on any atom is -0.303 e. The maximum atomic E-state index is 10.2. The lowest BCUT2D eigenvalue weighted by molar-refractivity contribution is -0.107. The van der Waals surface area contributed by atoms with Gasteiger partial charge in [0.2, 0.25) is 0 Å². The first-order chi connectivity index (χ1) is 8.33. The lowest BCUT2D eigenvalue weighted by Crippen LogP contribution is -1.79. The van der Waals surface area contributed by atoms with Crippen molar-refractivity contribution in [3.8, 4) is 0 Å². The summed E-state index contributed by atoms with van der Waals surface area (Å²) in [6, 6.07) is 10.3. The molecule has 0 saturated heterocycles. The van der Waals surface area contributed by atoms with Gasteiger partial charge in [-0.3, -0.25) is 0 Å². The highest BCUT2D eigenvalue weighted by Crippen LogP contribution is 2.07. The van der Waals surface area contributed by atoms with Gasteiger partial charge in [-0.15, -0.1) is 0 Å². The second-order valence-corrected chi connectivity index (χ2v) is 4.15. The predicted octanol–water partition coefficient (Wildman–Crippen LogP) is 4.41. The van der Waals surface area contributed by atoms with Crippen LogP contribution in [0.15, 0.2) is 48.1 Å². The molecule has 1 heteroatoms. The predicted molar refractivity (Wildman–Crippen MR) is 73.8 cm³/mol. The van der Waals surface area contributed by atoms with E-state index in [2.05, 4.69) is 37.3 Å². The number of benzene rings is 1. The number of allylic oxidation sites excluding steroid dienone is 3. The van der Waals surface area contributed by atoms with E-state index in [1.165, 1.54) is 11.1 Å². The van der Waals surface area contributed by atoms with E-state index in [-0.39, 0.29) is 0 Å². The third kappa shape index (κ3) is 6.52. The molecule has 1 aromatic rings. The average molecular weight is 228 g/mol. The number of carbonyl (C=O) groups is 1. The van der Waals surface area contributed by atoms with Crippen molar-refractivity contribution in [1.29, 1.82) is 0 Å². The second kappa shape index (κ2) is 8.51. The van der Waals surface area contributed by atoms with Crippen molar-refractivity contribution in [1.82, 2.24) is 0 Å². The van der Waals surface area contributed by atoms with Crippen molar-refractivity contribution in [3.05, 3.63) is 53.6 Å². The summed E-state index contributed by atoms with van der Waals surface area (Å²) in [5.41, 5.74) is 2.55. The molecule has 1 nitrogen and oxygen atoms in total. The van der Waals surface area contributed by atoms with Gasteiger partial charge in [0.15, 0.2) is 0 Å². The van der Waals surface area contributed by atoms with E-state index in [0.717, 1.165) is 25.5 Å². The van der Waals surface area contributed by atoms with Crippen molar-refractivity contribution in [2.75, 3.05) is 0 Å². The number of unbranched alkanes of at least 4 members (excludes halogenated alkanes) is 1. The van der Waals surface area contributed by atoms with E-state index in [1.807, 2.05) is 18.2 Å². The van der Waals surface area contributed by atoms with E-state index >= 15 is 0 Å². The van der Waals surface area contributed by atoms with Gasteiger partial charge in [0.05, 0.1) is 0 Å². The van der Waals surface area contributed by atoms with E-state index in [9.17, 15) is 4.79 Å². The van der Waals surface area contributed by atoms with E-state index < -0.39 is 0 Å². The fourth-order valence-electron chi connectivity index (χ4n) is 1.60. The molecule has 0 radical (unpaired) electrons. The highest BCUT2D eigenvalue weighted by atomic mass is 16.1. The molecule has 0 aromatic heterocycles. The van der Waals surface area contributed by atoms with Crippen LogP contribution in [0.5, 0.6) is 0 Å². The molecular weight excluding hydrogens is 208 g/mol. The average Bonchev–Trinajstić information content (AvgIpc) is 2.37. The van der Waals surface area contributed by atoms with Crippen LogP contribution >= 0.6 is 0 Å². The van der Waals surface area contributed by atoms with Crippen LogP contribution in [0.2, 0.25) is 0 Å². The van der Waals surface area contributed by atoms with E-state index in [4.69, 9.17) is 0 Å². The molecule has 0 heterocycles. The summed E-state index contributed by atoms with van der Waals surface area (Å²) in [7, 11) is 0. The number of rotatable bonds is 7. The molecule has 0 fully saturated rings. The van der Waals surface area contributed by atoms with Crippen molar-refractivity contribution >= 4 is 12.4 Å². The molecule has 0 unspecified atom stereocenters. The van der Waals surface area contributed by atoms with Crippen LogP contribution in [0, 0.1) is 0 Å². The zero-order valence-corrected chi connectivity index (χ0v) is 10.4. The number of hydrogen-bond acceptors (Lipinski definition) is 1. The van der Waals surface area contributed by atoms with Gasteiger partial charge in [-0.05, 0) is 31.7 Å². The Hall–Kier alpha value is -1.63. The zero-order valence-electron chi connectivity index (χ0n) is 10.4. The van der Waals surface area contributed by atoms with Gasteiger partial charge < -0.3 is 4.79 Å². The molecule has 1 aromatic carbocycles. The Morgan fingerprint density at radius 2 is 1.88 bits per heavy atom. The fraction of sp³-hybridized carbons (Fsp3) is 0.312. The van der Waals surface area contributed by atoms with E-state index in [1.54, 1.807) is 0 Å². The minimum absolute atomic E-state index is 0.641. The molecule has 90 valence electrons. The molecule has 0 bridgehead atoms. The van der Waals surface area contributed by atoms with E-state index in [0.29, 0.717) is 6.42 Å². The molecule has 0 aliphatic heterocycles. The maximum absolute atomic E-state index is 10.2. The monoisotopic (exact) mass is 228 g/mol. The highest BCUT2D eigenvalue weighted by Gasteiger charge is 1.88. The first kappa shape index (κ1) is 13.4. The van der Waals surface area contributed by atoms with Crippen LogP contribution < -0.4 is 0 Å². The summed E-state index contributed by atoms with van der Waals surface area (Å²) >= 11 is 0. The minimum atomic E-state index is 0.641. The standard InChI is InChI=1S/C16H20O/c1-15(10-8-14-17)9-4-2-5-11-16-12-6-3-7-13-16/h3,5-7,9,11-14H,2,4,8,10H2,1H3/b11-5+,15-9+. The Labute approximate surface area is 104 Å². The quantitative estimate of drug-likeness (QED) is 0.384. The lowest BCUT2D eigenvalue weighted by atomic mass is 10.1. The second-order valence-electron chi connectivity index (χ2n) is 4.15. The summed E-state index contributed by atoms with van der Waals surface area (Å²) in [4.78, 5) is 10.2. The van der Waals surface area contributed by atoms with Crippen LogP contribution in [-0.2, 0) is 4.79 Å². The molecule has 0 aliphatic carbocycles. The molecule has 0 spiro atoms. The molecule has 0 saturated carbocycles. The Kier molecular flexibility index (Phi) is 6.73. The maximum Gasteiger partial charge on any atom is 0.120 e. The third-order valence-electron chi connectivity index (χ3n) is 2.59. The van der Waals surface area contributed by atoms with Gasteiger partial charge in [-0.2, -0.15) is 0 Å². The molecule has 0 N–H and O–H groups in total. The Morgan fingerprint density at radius 1 is 1.12 bits per heavy atom. The first-order valence-corrected chi connectivity index (χ1v) is 6.14. The normalized spacial score (nSPS) is 11.9. The van der Waals surface area contributed by atoms with Crippen molar-refractivity contribution < 1.29 is 4.79 Å². The summed E-state index contributed by atoms with van der Waals surface area (Å²) in [5, 5.41) is 0. The van der Waals surface area contributed by atoms with Gasteiger partial charge in [-0.1, -0.05) is 54.1 Å². The van der Waals surface area contributed by atoms with Gasteiger partial charge in [0, 0.05) is 6.42 Å². The fourth-order valence-corrected chi connectivity index (χ4v) is 1.60. The van der Waals surface area contributed by atoms with Crippen LogP contribution in [0.1, 0.15) is 38.2 Å². The van der Waals surface area contributed by atoms with Crippen molar-refractivity contribution in [2.45, 2.75) is 32.6 Å². The Balaban J connectivity index is 2.24. The van der Waals surface area contributed by atoms with Gasteiger partial charge >= 0.3 is 0 Å². The summed E-state index contributed by atoms with van der Waals surface area (Å²) in [6.45, 7) is 2.09. The summed E-state index contributed by atoms with van der Waals surface area (Å²) in [6.07, 6.45) is 11.2. The molecule has 0 amide bonds. The summed E-state index contributed by atoms with van der Waals surface area (Å²) in [5.74, 6) is 0. The smallest absolute Gasteiger partial charge is 0.120 e. The Morgan fingerprint density at radius 3 is 2.59 bits per heavy atom. The van der Waals surface area contributed by atoms with Gasteiger partial charge in [-0.25, -0.2) is 0 Å². The summed E-state index contributed by atoms with van der Waals surface area (Å²) < 4.78 is 0. The first-order valence-electron chi connectivity index (χ1n) is 6.14. The van der Waals surface area contributed by atoms with Gasteiger partial charge in [0.25, 0.3) is 0 Å². The van der Waals surface area contributed by atoms with Crippen molar-refractivity contribution in [3.63, 3.8) is 0 Å². The van der Waals surface area contributed by atoms with Gasteiger partial charge in [0.1, 0.15) is 6.29 Å².